The minimum atomic E-state index is 0. The van der Waals surface area contributed by atoms with Crippen molar-refractivity contribution in [2.45, 2.75) is 32.4 Å². The Balaban J connectivity index is 0.00000132. The number of hydrogen-bond donors (Lipinski definition) is 1. The zero-order chi connectivity index (χ0) is 13.7. The van der Waals surface area contributed by atoms with E-state index in [0.29, 0.717) is 6.04 Å². The molecule has 3 unspecified atom stereocenters. The quantitative estimate of drug-likeness (QED) is 0.923. The zero-order valence-corrected chi connectivity index (χ0v) is 13.9. The van der Waals surface area contributed by atoms with Gasteiger partial charge in [-0.2, -0.15) is 0 Å². The second kappa shape index (κ2) is 5.84. The molecule has 2 aliphatic rings. The van der Waals surface area contributed by atoms with Crippen molar-refractivity contribution in [3.8, 4) is 0 Å². The summed E-state index contributed by atoms with van der Waals surface area (Å²) >= 11 is 1.79. The summed E-state index contributed by atoms with van der Waals surface area (Å²) in [5.74, 6) is 1.59. The summed E-state index contributed by atoms with van der Waals surface area (Å²) in [6.07, 6.45) is 2.56. The number of rotatable bonds is 2. The maximum Gasteiger partial charge on any atom is 0.0907 e. The molecule has 0 spiro atoms. The highest BCUT2D eigenvalue weighted by Gasteiger charge is 2.40. The molecule has 1 aromatic carbocycles. The van der Waals surface area contributed by atoms with E-state index in [0.717, 1.165) is 28.9 Å². The third-order valence-electron chi connectivity index (χ3n) is 4.95. The predicted molar refractivity (Wildman–Crippen MR) is 91.1 cm³/mol. The SMILES string of the molecule is Cc1nc2ccc(CN3CC4CCC(N)C4C3)cc2s1.Cl. The Bertz CT molecular complexity index is 641. The molecule has 5 heteroatoms. The Labute approximate surface area is 135 Å². The first-order valence-corrected chi connectivity index (χ1v) is 8.35. The van der Waals surface area contributed by atoms with Gasteiger partial charge in [0.1, 0.15) is 0 Å². The summed E-state index contributed by atoms with van der Waals surface area (Å²) in [6.45, 7) is 5.56. The molecule has 114 valence electrons. The molecule has 0 bridgehead atoms. The third-order valence-corrected chi connectivity index (χ3v) is 5.89. The number of nitrogens with zero attached hydrogens (tertiary/aromatic N) is 2. The molecular formula is C16H22ClN3S. The van der Waals surface area contributed by atoms with E-state index < -0.39 is 0 Å². The molecule has 3 nitrogen and oxygen atoms in total. The fourth-order valence-electron chi connectivity index (χ4n) is 3.97. The lowest BCUT2D eigenvalue weighted by Crippen LogP contribution is -2.30. The van der Waals surface area contributed by atoms with Crippen molar-refractivity contribution < 1.29 is 0 Å². The van der Waals surface area contributed by atoms with Crippen LogP contribution in [0.15, 0.2) is 18.2 Å². The fraction of sp³-hybridized carbons (Fsp3) is 0.562. The largest absolute Gasteiger partial charge is 0.327 e. The number of likely N-dealkylation sites (tertiary alicyclic amines) is 1. The molecule has 2 fully saturated rings. The van der Waals surface area contributed by atoms with Gasteiger partial charge in [0.15, 0.2) is 0 Å². The summed E-state index contributed by atoms with van der Waals surface area (Å²) < 4.78 is 1.32. The van der Waals surface area contributed by atoms with Gasteiger partial charge in [0, 0.05) is 25.7 Å². The predicted octanol–water partition coefficient (Wildman–Crippen LogP) is 3.20. The Hall–Kier alpha value is -0.680. The number of aromatic nitrogens is 1. The molecule has 2 N–H and O–H groups in total. The zero-order valence-electron chi connectivity index (χ0n) is 12.3. The lowest BCUT2D eigenvalue weighted by atomic mass is 9.98. The highest BCUT2D eigenvalue weighted by Crippen LogP contribution is 2.37. The summed E-state index contributed by atoms with van der Waals surface area (Å²) in [5.41, 5.74) is 8.77. The van der Waals surface area contributed by atoms with Crippen LogP contribution >= 0.6 is 23.7 Å². The highest BCUT2D eigenvalue weighted by molar-refractivity contribution is 7.18. The van der Waals surface area contributed by atoms with Gasteiger partial charge in [-0.05, 0) is 49.3 Å². The first-order valence-electron chi connectivity index (χ1n) is 7.53. The third kappa shape index (κ3) is 2.82. The van der Waals surface area contributed by atoms with E-state index in [-0.39, 0.29) is 12.4 Å². The van der Waals surface area contributed by atoms with Gasteiger partial charge < -0.3 is 5.73 Å². The van der Waals surface area contributed by atoms with Gasteiger partial charge in [0.2, 0.25) is 0 Å². The van der Waals surface area contributed by atoms with E-state index in [1.807, 2.05) is 0 Å². The first-order chi connectivity index (χ1) is 9.69. The number of hydrogen-bond acceptors (Lipinski definition) is 4. The van der Waals surface area contributed by atoms with Crippen molar-refractivity contribution in [2.75, 3.05) is 13.1 Å². The van der Waals surface area contributed by atoms with Gasteiger partial charge in [0.25, 0.3) is 0 Å². The van der Waals surface area contributed by atoms with Gasteiger partial charge in [-0.15, -0.1) is 23.7 Å². The second-order valence-corrected chi connectivity index (χ2v) is 7.63. The van der Waals surface area contributed by atoms with Crippen LogP contribution < -0.4 is 5.73 Å². The van der Waals surface area contributed by atoms with Crippen LogP contribution in [0.25, 0.3) is 10.2 Å². The molecule has 0 amide bonds. The van der Waals surface area contributed by atoms with Crippen LogP contribution in [-0.2, 0) is 6.54 Å². The van der Waals surface area contributed by atoms with Crippen molar-refractivity contribution in [3.63, 3.8) is 0 Å². The maximum atomic E-state index is 6.22. The van der Waals surface area contributed by atoms with Crippen LogP contribution in [0.4, 0.5) is 0 Å². The average Bonchev–Trinajstić information content (AvgIpc) is 3.05. The lowest BCUT2D eigenvalue weighted by molar-refractivity contribution is 0.298. The van der Waals surface area contributed by atoms with Crippen LogP contribution in [0.5, 0.6) is 0 Å². The lowest BCUT2D eigenvalue weighted by Gasteiger charge is -2.18. The van der Waals surface area contributed by atoms with Crippen molar-refractivity contribution in [3.05, 3.63) is 28.8 Å². The summed E-state index contributed by atoms with van der Waals surface area (Å²) in [4.78, 5) is 7.12. The van der Waals surface area contributed by atoms with E-state index in [1.54, 1.807) is 11.3 Å². The fourth-order valence-corrected chi connectivity index (χ4v) is 4.86. The second-order valence-electron chi connectivity index (χ2n) is 6.39. The highest BCUT2D eigenvalue weighted by atomic mass is 35.5. The number of thiazole rings is 1. The summed E-state index contributed by atoms with van der Waals surface area (Å²) in [7, 11) is 0. The van der Waals surface area contributed by atoms with Gasteiger partial charge in [-0.25, -0.2) is 4.98 Å². The topological polar surface area (TPSA) is 42.2 Å². The van der Waals surface area contributed by atoms with Crippen LogP contribution in [0.3, 0.4) is 0 Å². The molecule has 1 saturated carbocycles. The minimum Gasteiger partial charge on any atom is -0.327 e. The molecule has 3 atom stereocenters. The summed E-state index contributed by atoms with van der Waals surface area (Å²) in [5, 5.41) is 1.15. The van der Waals surface area contributed by atoms with Gasteiger partial charge in [0.05, 0.1) is 15.2 Å². The van der Waals surface area contributed by atoms with E-state index in [2.05, 4.69) is 35.0 Å². The number of benzene rings is 1. The normalized spacial score (nSPS) is 28.8. The Kier molecular flexibility index (Phi) is 4.23. The molecule has 0 radical (unpaired) electrons. The number of fused-ring (bicyclic) bond motifs is 2. The Morgan fingerprint density at radius 2 is 2.19 bits per heavy atom. The monoisotopic (exact) mass is 323 g/mol. The van der Waals surface area contributed by atoms with E-state index >= 15 is 0 Å². The smallest absolute Gasteiger partial charge is 0.0907 e. The molecular weight excluding hydrogens is 302 g/mol. The van der Waals surface area contributed by atoms with Crippen molar-refractivity contribution >= 4 is 34.0 Å². The van der Waals surface area contributed by atoms with Gasteiger partial charge in [-0.3, -0.25) is 4.90 Å². The molecule has 1 aliphatic carbocycles. The first kappa shape index (κ1) is 15.2. The minimum absolute atomic E-state index is 0. The Morgan fingerprint density at radius 3 is 3.00 bits per heavy atom. The van der Waals surface area contributed by atoms with E-state index in [1.165, 1.54) is 36.2 Å². The van der Waals surface area contributed by atoms with Crippen LogP contribution in [0.2, 0.25) is 0 Å². The molecule has 1 aromatic heterocycles. The van der Waals surface area contributed by atoms with Crippen LogP contribution in [0, 0.1) is 18.8 Å². The van der Waals surface area contributed by atoms with Crippen molar-refractivity contribution in [2.24, 2.45) is 17.6 Å². The average molecular weight is 324 g/mol. The maximum absolute atomic E-state index is 6.22. The van der Waals surface area contributed by atoms with E-state index in [9.17, 15) is 0 Å². The van der Waals surface area contributed by atoms with Gasteiger partial charge >= 0.3 is 0 Å². The molecule has 1 aliphatic heterocycles. The van der Waals surface area contributed by atoms with Crippen molar-refractivity contribution in [1.29, 1.82) is 0 Å². The van der Waals surface area contributed by atoms with Crippen LogP contribution in [0.1, 0.15) is 23.4 Å². The van der Waals surface area contributed by atoms with Crippen LogP contribution in [-0.4, -0.2) is 29.0 Å². The van der Waals surface area contributed by atoms with E-state index in [4.69, 9.17) is 5.73 Å². The number of nitrogens with two attached hydrogens (primary N) is 1. The summed E-state index contributed by atoms with van der Waals surface area (Å²) in [6, 6.07) is 7.15. The molecule has 21 heavy (non-hydrogen) atoms. The number of halogens is 1. The molecule has 2 heterocycles. The molecule has 1 saturated heterocycles. The molecule has 4 rings (SSSR count). The Morgan fingerprint density at radius 1 is 1.33 bits per heavy atom. The molecule has 2 aromatic rings. The number of aryl methyl sites for hydroxylation is 1. The van der Waals surface area contributed by atoms with Gasteiger partial charge in [-0.1, -0.05) is 6.07 Å². The van der Waals surface area contributed by atoms with Crippen molar-refractivity contribution in [1.82, 2.24) is 9.88 Å². The standard InChI is InChI=1S/C16H21N3S.ClH/c1-10-18-15-5-2-11(6-16(15)20-10)7-19-8-12-3-4-14(17)13(12)9-19;/h2,5-6,12-14H,3-4,7-9,17H2,1H3;1H.